The van der Waals surface area contributed by atoms with E-state index in [1.807, 2.05) is 41.5 Å². The summed E-state index contributed by atoms with van der Waals surface area (Å²) in [7, 11) is 0. The molecule has 0 aromatic heterocycles. The van der Waals surface area contributed by atoms with Crippen LogP contribution in [0.1, 0.15) is 92.9 Å². The van der Waals surface area contributed by atoms with Gasteiger partial charge in [0.05, 0.1) is 18.8 Å². The summed E-state index contributed by atoms with van der Waals surface area (Å²) in [5.74, 6) is -0.528. The van der Waals surface area contributed by atoms with Crippen molar-refractivity contribution in [2.75, 3.05) is 26.2 Å². The standard InChI is InChI=1S/C26H48N2O6/c1-25(2,3)33-23(31)27-15-12-16-28(24(32)34-26(4,5)6)18-22(30)20(17-27)19-13-10-8-7-9-11-14-21(19)29/h19-22,29-30H,7-18H2,1-6H3. The number of aliphatic hydroxyl groups excluding tert-OH is 2. The number of β-amino-alcohol motifs (C(OH)–C–C–N with tert-alkyl or cyclic N) is 1. The highest BCUT2D eigenvalue weighted by Crippen LogP contribution is 2.32. The molecule has 0 radical (unpaired) electrons. The highest BCUT2D eigenvalue weighted by Gasteiger charge is 2.39. The van der Waals surface area contributed by atoms with E-state index in [1.54, 1.807) is 9.80 Å². The molecule has 2 aliphatic rings. The van der Waals surface area contributed by atoms with Gasteiger partial charge in [0, 0.05) is 25.6 Å². The Hall–Kier alpha value is -1.54. The molecule has 8 nitrogen and oxygen atoms in total. The van der Waals surface area contributed by atoms with E-state index in [-0.39, 0.29) is 18.4 Å². The summed E-state index contributed by atoms with van der Waals surface area (Å²) in [5.41, 5.74) is -1.28. The van der Waals surface area contributed by atoms with Gasteiger partial charge in [-0.05, 0) is 66.7 Å². The fraction of sp³-hybridized carbons (Fsp3) is 0.923. The first kappa shape index (κ1) is 28.7. The number of aliphatic hydroxyl groups is 2. The van der Waals surface area contributed by atoms with Crippen LogP contribution >= 0.6 is 0 Å². The molecule has 2 amide bonds. The second-order valence-electron chi connectivity index (χ2n) is 12.0. The van der Waals surface area contributed by atoms with Crippen LogP contribution < -0.4 is 0 Å². The molecule has 1 aliphatic carbocycles. The maximum absolute atomic E-state index is 13.0. The third-order valence-electron chi connectivity index (χ3n) is 6.57. The number of ether oxygens (including phenoxy) is 2. The topological polar surface area (TPSA) is 99.5 Å². The molecule has 1 heterocycles. The Kier molecular flexibility index (Phi) is 10.5. The summed E-state index contributed by atoms with van der Waals surface area (Å²) in [4.78, 5) is 29.1. The largest absolute Gasteiger partial charge is 0.444 e. The minimum absolute atomic E-state index is 0.116. The monoisotopic (exact) mass is 484 g/mol. The normalized spacial score (nSPS) is 28.5. The molecule has 2 N–H and O–H groups in total. The van der Waals surface area contributed by atoms with Gasteiger partial charge >= 0.3 is 12.2 Å². The lowest BCUT2D eigenvalue weighted by atomic mass is 9.78. The summed E-state index contributed by atoms with van der Waals surface area (Å²) >= 11 is 0. The first-order valence-electron chi connectivity index (χ1n) is 13.1. The van der Waals surface area contributed by atoms with E-state index >= 15 is 0 Å². The smallest absolute Gasteiger partial charge is 0.410 e. The lowest BCUT2D eigenvalue weighted by Gasteiger charge is -2.38. The fourth-order valence-corrected chi connectivity index (χ4v) is 4.95. The molecule has 34 heavy (non-hydrogen) atoms. The van der Waals surface area contributed by atoms with Gasteiger partial charge in [-0.2, -0.15) is 0 Å². The second-order valence-corrected chi connectivity index (χ2v) is 12.0. The number of amides is 2. The molecule has 1 aliphatic heterocycles. The highest BCUT2D eigenvalue weighted by atomic mass is 16.6. The predicted octanol–water partition coefficient (Wildman–Crippen LogP) is 4.56. The van der Waals surface area contributed by atoms with Crippen LogP contribution in [0.25, 0.3) is 0 Å². The third kappa shape index (κ3) is 9.61. The van der Waals surface area contributed by atoms with E-state index in [2.05, 4.69) is 0 Å². The van der Waals surface area contributed by atoms with E-state index in [0.717, 1.165) is 38.5 Å². The van der Waals surface area contributed by atoms with Crippen LogP contribution in [0.5, 0.6) is 0 Å². The SMILES string of the molecule is CC(C)(C)OC(=O)N1CCCN(C(=O)OC(C)(C)C)CC(C2CCCCCCCC2O)C(O)C1. The Bertz CT molecular complexity index is 657. The average Bonchev–Trinajstić information content (AvgIpc) is 2.84. The van der Waals surface area contributed by atoms with Crippen molar-refractivity contribution in [2.45, 2.75) is 116 Å². The minimum atomic E-state index is -0.893. The zero-order valence-corrected chi connectivity index (χ0v) is 22.2. The zero-order chi connectivity index (χ0) is 25.5. The quantitative estimate of drug-likeness (QED) is 0.566. The number of nitrogens with zero attached hydrogens (tertiary/aromatic N) is 2. The number of hydrogen-bond acceptors (Lipinski definition) is 6. The van der Waals surface area contributed by atoms with Crippen LogP contribution in [0.3, 0.4) is 0 Å². The minimum Gasteiger partial charge on any atom is -0.444 e. The van der Waals surface area contributed by atoms with Gasteiger partial charge in [-0.3, -0.25) is 0 Å². The lowest BCUT2D eigenvalue weighted by molar-refractivity contribution is -0.0329. The van der Waals surface area contributed by atoms with Gasteiger partial charge in [0.2, 0.25) is 0 Å². The fourth-order valence-electron chi connectivity index (χ4n) is 4.95. The molecule has 198 valence electrons. The van der Waals surface area contributed by atoms with Crippen molar-refractivity contribution in [3.63, 3.8) is 0 Å². The van der Waals surface area contributed by atoms with E-state index in [1.165, 1.54) is 0 Å². The van der Waals surface area contributed by atoms with Gasteiger partial charge in [-0.25, -0.2) is 9.59 Å². The number of carbonyl (C=O) groups is 2. The van der Waals surface area contributed by atoms with Gasteiger partial charge in [0.1, 0.15) is 11.2 Å². The van der Waals surface area contributed by atoms with Crippen LogP contribution in [-0.2, 0) is 9.47 Å². The molecule has 2 fully saturated rings. The van der Waals surface area contributed by atoms with E-state index < -0.39 is 35.6 Å². The molecule has 2 rings (SSSR count). The molecule has 4 unspecified atom stereocenters. The van der Waals surface area contributed by atoms with Crippen molar-refractivity contribution in [3.05, 3.63) is 0 Å². The van der Waals surface area contributed by atoms with Gasteiger partial charge in [0.25, 0.3) is 0 Å². The first-order chi connectivity index (χ1) is 15.8. The Balaban J connectivity index is 2.32. The van der Waals surface area contributed by atoms with Crippen LogP contribution in [-0.4, -0.2) is 81.8 Å². The van der Waals surface area contributed by atoms with Crippen LogP contribution in [0.15, 0.2) is 0 Å². The van der Waals surface area contributed by atoms with Gasteiger partial charge in [-0.1, -0.05) is 32.1 Å². The van der Waals surface area contributed by atoms with Crippen molar-refractivity contribution >= 4 is 12.2 Å². The van der Waals surface area contributed by atoms with Gasteiger partial charge in [-0.15, -0.1) is 0 Å². The van der Waals surface area contributed by atoms with Crippen molar-refractivity contribution in [1.82, 2.24) is 9.80 Å². The van der Waals surface area contributed by atoms with Crippen LogP contribution in [0.2, 0.25) is 0 Å². The second kappa shape index (κ2) is 12.4. The molecule has 4 atom stereocenters. The van der Waals surface area contributed by atoms with Gasteiger partial charge in [0.15, 0.2) is 0 Å². The molecule has 1 saturated heterocycles. The maximum Gasteiger partial charge on any atom is 0.410 e. The van der Waals surface area contributed by atoms with Crippen molar-refractivity contribution in [1.29, 1.82) is 0 Å². The number of rotatable bonds is 1. The Labute approximate surface area is 206 Å². The van der Waals surface area contributed by atoms with Crippen molar-refractivity contribution < 1.29 is 29.3 Å². The molecule has 1 saturated carbocycles. The number of carbonyl (C=O) groups excluding carboxylic acids is 2. The Morgan fingerprint density at radius 3 is 1.65 bits per heavy atom. The van der Waals surface area contributed by atoms with Gasteiger partial charge < -0.3 is 29.5 Å². The summed E-state index contributed by atoms with van der Waals surface area (Å²) in [6.45, 7) is 12.1. The summed E-state index contributed by atoms with van der Waals surface area (Å²) in [6.07, 6.45) is 5.00. The summed E-state index contributed by atoms with van der Waals surface area (Å²) in [6, 6.07) is 0. The first-order valence-corrected chi connectivity index (χ1v) is 13.1. The van der Waals surface area contributed by atoms with Crippen molar-refractivity contribution in [2.24, 2.45) is 11.8 Å². The maximum atomic E-state index is 13.0. The molecular formula is C26H48N2O6. The average molecular weight is 485 g/mol. The van der Waals surface area contributed by atoms with Crippen molar-refractivity contribution in [3.8, 4) is 0 Å². The molecule has 0 bridgehead atoms. The Morgan fingerprint density at radius 2 is 1.12 bits per heavy atom. The molecule has 8 heteroatoms. The van der Waals surface area contributed by atoms with E-state index in [9.17, 15) is 19.8 Å². The molecule has 0 aromatic rings. The molecule has 0 aromatic carbocycles. The lowest BCUT2D eigenvalue weighted by Crippen LogP contribution is -2.49. The zero-order valence-electron chi connectivity index (χ0n) is 22.2. The third-order valence-corrected chi connectivity index (χ3v) is 6.57. The summed E-state index contributed by atoms with van der Waals surface area (Å²) in [5, 5.41) is 22.5. The Morgan fingerprint density at radius 1 is 0.647 bits per heavy atom. The molecular weight excluding hydrogens is 436 g/mol. The summed E-state index contributed by atoms with van der Waals surface area (Å²) < 4.78 is 11.2. The highest BCUT2D eigenvalue weighted by molar-refractivity contribution is 5.69. The number of hydrogen-bond donors (Lipinski definition) is 2. The van der Waals surface area contributed by atoms with E-state index in [0.29, 0.717) is 32.5 Å². The predicted molar refractivity (Wildman–Crippen MR) is 132 cm³/mol. The van der Waals surface area contributed by atoms with Crippen LogP contribution in [0, 0.1) is 11.8 Å². The van der Waals surface area contributed by atoms with Crippen LogP contribution in [0.4, 0.5) is 9.59 Å². The molecule has 0 spiro atoms. The van der Waals surface area contributed by atoms with E-state index in [4.69, 9.17) is 9.47 Å².